The highest BCUT2D eigenvalue weighted by Crippen LogP contribution is 2.22. The lowest BCUT2D eigenvalue weighted by molar-refractivity contribution is 0.166. The Morgan fingerprint density at radius 3 is 2.76 bits per heavy atom. The molecule has 1 saturated heterocycles. The van der Waals surface area contributed by atoms with Gasteiger partial charge in [-0.15, -0.1) is 24.0 Å². The Bertz CT molecular complexity index is 855. The third-order valence-electron chi connectivity index (χ3n) is 5.18. The number of benzene rings is 1. The van der Waals surface area contributed by atoms with Crippen molar-refractivity contribution in [1.82, 2.24) is 15.6 Å². The van der Waals surface area contributed by atoms with Crippen LogP contribution in [0.4, 0.5) is 0 Å². The number of nitrogens with one attached hydrogen (secondary N) is 2. The SMILES string of the molecule is CCCOc1ccc(CN=C(NCC)NCc2ccc(C)cc2OCC2CCOC2)cn1.I. The molecule has 8 heteroatoms. The first-order chi connectivity index (χ1) is 15.7. The zero-order valence-electron chi connectivity index (χ0n) is 19.9. The molecule has 1 unspecified atom stereocenters. The van der Waals surface area contributed by atoms with Crippen molar-refractivity contribution in [2.24, 2.45) is 10.9 Å². The van der Waals surface area contributed by atoms with Crippen molar-refractivity contribution in [1.29, 1.82) is 0 Å². The van der Waals surface area contributed by atoms with Crippen LogP contribution >= 0.6 is 24.0 Å². The average molecular weight is 569 g/mol. The molecule has 1 fully saturated rings. The maximum atomic E-state index is 6.16. The van der Waals surface area contributed by atoms with Crippen molar-refractivity contribution < 1.29 is 14.2 Å². The fraction of sp³-hybridized carbons (Fsp3) is 0.520. The van der Waals surface area contributed by atoms with Gasteiger partial charge in [0.1, 0.15) is 5.75 Å². The lowest BCUT2D eigenvalue weighted by Gasteiger charge is -2.17. The highest BCUT2D eigenvalue weighted by Gasteiger charge is 2.17. The number of nitrogens with zero attached hydrogens (tertiary/aromatic N) is 2. The summed E-state index contributed by atoms with van der Waals surface area (Å²) in [7, 11) is 0. The number of hydrogen-bond donors (Lipinski definition) is 2. The maximum absolute atomic E-state index is 6.16. The highest BCUT2D eigenvalue weighted by molar-refractivity contribution is 14.0. The van der Waals surface area contributed by atoms with Crippen molar-refractivity contribution in [3.05, 3.63) is 53.2 Å². The molecule has 0 saturated carbocycles. The Balaban J connectivity index is 0.00000385. The number of pyridine rings is 1. The molecule has 0 radical (unpaired) electrons. The molecule has 0 bridgehead atoms. The molecule has 2 aromatic rings. The smallest absolute Gasteiger partial charge is 0.213 e. The van der Waals surface area contributed by atoms with Crippen molar-refractivity contribution >= 4 is 29.9 Å². The maximum Gasteiger partial charge on any atom is 0.213 e. The van der Waals surface area contributed by atoms with Gasteiger partial charge in [0.05, 0.1) is 26.4 Å². The third kappa shape index (κ3) is 9.37. The average Bonchev–Trinajstić information content (AvgIpc) is 3.33. The van der Waals surface area contributed by atoms with Gasteiger partial charge in [0.2, 0.25) is 5.88 Å². The van der Waals surface area contributed by atoms with E-state index in [0.29, 0.717) is 38.1 Å². The lowest BCUT2D eigenvalue weighted by atomic mass is 10.1. The Hall–Kier alpha value is -2.07. The molecule has 1 aliphatic heterocycles. The molecule has 33 heavy (non-hydrogen) atoms. The second kappa shape index (κ2) is 15.0. The number of guanidine groups is 1. The minimum Gasteiger partial charge on any atom is -0.493 e. The molecule has 1 atom stereocenters. The summed E-state index contributed by atoms with van der Waals surface area (Å²) >= 11 is 0. The molecule has 0 spiro atoms. The molecule has 0 amide bonds. The van der Waals surface area contributed by atoms with Gasteiger partial charge in [-0.25, -0.2) is 9.98 Å². The molecule has 182 valence electrons. The fourth-order valence-corrected chi connectivity index (χ4v) is 3.35. The zero-order valence-corrected chi connectivity index (χ0v) is 22.3. The van der Waals surface area contributed by atoms with Crippen LogP contribution in [-0.2, 0) is 17.8 Å². The van der Waals surface area contributed by atoms with Crippen LogP contribution in [-0.4, -0.2) is 43.9 Å². The van der Waals surface area contributed by atoms with E-state index in [9.17, 15) is 0 Å². The van der Waals surface area contributed by atoms with E-state index in [1.54, 1.807) is 0 Å². The summed E-state index contributed by atoms with van der Waals surface area (Å²) in [6, 6.07) is 10.2. The molecule has 0 aliphatic carbocycles. The van der Waals surface area contributed by atoms with Gasteiger partial charge in [-0.2, -0.15) is 0 Å². The Kier molecular flexibility index (Phi) is 12.3. The van der Waals surface area contributed by atoms with Gasteiger partial charge < -0.3 is 24.8 Å². The number of halogens is 1. The van der Waals surface area contributed by atoms with E-state index in [-0.39, 0.29) is 24.0 Å². The second-order valence-electron chi connectivity index (χ2n) is 8.05. The van der Waals surface area contributed by atoms with Crippen molar-refractivity contribution in [2.45, 2.75) is 46.7 Å². The van der Waals surface area contributed by atoms with Crippen LogP contribution in [0, 0.1) is 12.8 Å². The summed E-state index contributed by atoms with van der Waals surface area (Å²) in [6.45, 7) is 11.2. The van der Waals surface area contributed by atoms with Crippen LogP contribution in [0.1, 0.15) is 43.4 Å². The van der Waals surface area contributed by atoms with Crippen LogP contribution < -0.4 is 20.1 Å². The lowest BCUT2D eigenvalue weighted by Crippen LogP contribution is -2.36. The highest BCUT2D eigenvalue weighted by atomic mass is 127. The first kappa shape index (κ1) is 27.2. The topological polar surface area (TPSA) is 77.0 Å². The van der Waals surface area contributed by atoms with E-state index < -0.39 is 0 Å². The van der Waals surface area contributed by atoms with Crippen LogP contribution in [0.2, 0.25) is 0 Å². The summed E-state index contributed by atoms with van der Waals surface area (Å²) < 4.78 is 17.2. The van der Waals surface area contributed by atoms with Crippen LogP contribution in [0.3, 0.4) is 0 Å². The number of ether oxygens (including phenoxy) is 3. The molecule has 2 heterocycles. The predicted octanol–water partition coefficient (Wildman–Crippen LogP) is 4.47. The zero-order chi connectivity index (χ0) is 22.6. The number of aliphatic imine (C=N–C) groups is 1. The van der Waals surface area contributed by atoms with Crippen LogP contribution in [0.5, 0.6) is 11.6 Å². The van der Waals surface area contributed by atoms with E-state index in [4.69, 9.17) is 19.2 Å². The molecule has 3 rings (SSSR count). The summed E-state index contributed by atoms with van der Waals surface area (Å²) in [6.07, 6.45) is 3.85. The van der Waals surface area contributed by atoms with E-state index in [1.165, 1.54) is 5.56 Å². The standard InChI is InChI=1S/C25H36N4O3.HI/c1-4-11-31-24-9-7-20(14-27-24)15-28-25(26-5-2)29-16-22-8-6-19(3)13-23(22)32-18-21-10-12-30-17-21;/h6-9,13-14,21H,4-5,10-12,15-18H2,1-3H3,(H2,26,28,29);1H. The molecular weight excluding hydrogens is 531 g/mol. The minimum absolute atomic E-state index is 0. The third-order valence-corrected chi connectivity index (χ3v) is 5.18. The van der Waals surface area contributed by atoms with Crippen LogP contribution in [0.15, 0.2) is 41.5 Å². The number of hydrogen-bond acceptors (Lipinski definition) is 5. The molecule has 1 aliphatic rings. The quantitative estimate of drug-likeness (QED) is 0.237. The first-order valence-electron chi connectivity index (χ1n) is 11.6. The summed E-state index contributed by atoms with van der Waals surface area (Å²) in [5, 5.41) is 6.73. The minimum atomic E-state index is 0. The van der Waals surface area contributed by atoms with Crippen molar-refractivity contribution in [3.8, 4) is 11.6 Å². The number of aryl methyl sites for hydroxylation is 1. The van der Waals surface area contributed by atoms with Crippen molar-refractivity contribution in [3.63, 3.8) is 0 Å². The van der Waals surface area contributed by atoms with E-state index in [2.05, 4.69) is 54.6 Å². The van der Waals surface area contributed by atoms with E-state index in [0.717, 1.165) is 55.4 Å². The monoisotopic (exact) mass is 568 g/mol. The van der Waals surface area contributed by atoms with Gasteiger partial charge in [0, 0.05) is 43.4 Å². The first-order valence-corrected chi connectivity index (χ1v) is 11.6. The molecule has 1 aromatic heterocycles. The summed E-state index contributed by atoms with van der Waals surface area (Å²) in [5.74, 6) is 2.81. The largest absolute Gasteiger partial charge is 0.493 e. The Labute approximate surface area is 214 Å². The Morgan fingerprint density at radius 2 is 2.06 bits per heavy atom. The number of aromatic nitrogens is 1. The predicted molar refractivity (Wildman–Crippen MR) is 143 cm³/mol. The normalized spacial score (nSPS) is 15.6. The van der Waals surface area contributed by atoms with Gasteiger partial charge in [0.25, 0.3) is 0 Å². The molecule has 1 aromatic carbocycles. The molecular formula is C25H37IN4O3. The van der Waals surface area contributed by atoms with Gasteiger partial charge in [-0.3, -0.25) is 0 Å². The van der Waals surface area contributed by atoms with Crippen LogP contribution in [0.25, 0.3) is 0 Å². The van der Waals surface area contributed by atoms with Gasteiger partial charge in [-0.1, -0.05) is 25.1 Å². The van der Waals surface area contributed by atoms with Gasteiger partial charge in [0.15, 0.2) is 5.96 Å². The van der Waals surface area contributed by atoms with Crippen molar-refractivity contribution in [2.75, 3.05) is 33.0 Å². The van der Waals surface area contributed by atoms with Gasteiger partial charge in [-0.05, 0) is 43.9 Å². The molecule has 7 nitrogen and oxygen atoms in total. The van der Waals surface area contributed by atoms with E-state index >= 15 is 0 Å². The second-order valence-corrected chi connectivity index (χ2v) is 8.05. The fourth-order valence-electron chi connectivity index (χ4n) is 3.35. The summed E-state index contributed by atoms with van der Waals surface area (Å²) in [5.41, 5.74) is 3.33. The molecule has 2 N–H and O–H groups in total. The number of rotatable bonds is 11. The van der Waals surface area contributed by atoms with Gasteiger partial charge >= 0.3 is 0 Å². The van der Waals surface area contributed by atoms with E-state index in [1.807, 2.05) is 18.3 Å². The Morgan fingerprint density at radius 1 is 1.18 bits per heavy atom. The summed E-state index contributed by atoms with van der Waals surface area (Å²) in [4.78, 5) is 9.05.